The van der Waals surface area contributed by atoms with Crippen LogP contribution < -0.4 is 5.32 Å². The van der Waals surface area contributed by atoms with E-state index >= 15 is 0 Å². The molecule has 156 valence electrons. The molecule has 1 heterocycles. The summed E-state index contributed by atoms with van der Waals surface area (Å²) in [6.07, 6.45) is 3.37. The molecular weight excluding hydrogens is 420 g/mol. The van der Waals surface area contributed by atoms with Crippen LogP contribution >= 0.6 is 11.6 Å². The summed E-state index contributed by atoms with van der Waals surface area (Å²) in [7, 11) is 0. The van der Waals surface area contributed by atoms with Crippen LogP contribution in [-0.2, 0) is 11.3 Å². The molecule has 0 saturated carbocycles. The fourth-order valence-corrected chi connectivity index (χ4v) is 3.34. The van der Waals surface area contributed by atoms with Gasteiger partial charge in [0, 0.05) is 28.9 Å². The van der Waals surface area contributed by atoms with E-state index in [1.54, 1.807) is 29.1 Å². The molecule has 1 amide bonds. The summed E-state index contributed by atoms with van der Waals surface area (Å²) >= 11 is 6.04. The molecule has 32 heavy (non-hydrogen) atoms. The molecule has 1 aromatic heterocycles. The number of halogens is 1. The molecular formula is C26H19ClN4O. The van der Waals surface area contributed by atoms with Crippen LogP contribution in [0, 0.1) is 11.3 Å². The zero-order valence-corrected chi connectivity index (χ0v) is 17.8. The Morgan fingerprint density at radius 3 is 2.31 bits per heavy atom. The van der Waals surface area contributed by atoms with Gasteiger partial charge in [-0.3, -0.25) is 4.79 Å². The third-order valence-corrected chi connectivity index (χ3v) is 5.09. The monoisotopic (exact) mass is 438 g/mol. The lowest BCUT2D eigenvalue weighted by Crippen LogP contribution is -2.23. The highest BCUT2D eigenvalue weighted by atomic mass is 35.5. The van der Waals surface area contributed by atoms with Crippen molar-refractivity contribution in [3.05, 3.63) is 113 Å². The minimum Gasteiger partial charge on any atom is -0.347 e. The average molecular weight is 439 g/mol. The smallest absolute Gasteiger partial charge is 0.262 e. The second-order valence-electron chi connectivity index (χ2n) is 7.06. The lowest BCUT2D eigenvalue weighted by Gasteiger charge is -2.04. The topological polar surface area (TPSA) is 70.7 Å². The SMILES string of the molecule is N#C/C(=C\c1cn(-c2ccccc2)nc1-c1ccc(Cl)cc1)C(=O)NCc1ccccc1. The molecule has 0 spiro atoms. The summed E-state index contributed by atoms with van der Waals surface area (Å²) in [5.41, 5.74) is 3.96. The van der Waals surface area contributed by atoms with E-state index in [0.29, 0.717) is 22.8 Å². The van der Waals surface area contributed by atoms with Gasteiger partial charge in [-0.1, -0.05) is 72.3 Å². The maximum atomic E-state index is 12.7. The van der Waals surface area contributed by atoms with Gasteiger partial charge in [0.15, 0.2) is 0 Å². The number of hydrogen-bond acceptors (Lipinski definition) is 3. The van der Waals surface area contributed by atoms with E-state index in [1.165, 1.54) is 0 Å². The summed E-state index contributed by atoms with van der Waals surface area (Å²) in [5, 5.41) is 17.8. The van der Waals surface area contributed by atoms with E-state index in [-0.39, 0.29) is 5.57 Å². The fraction of sp³-hybridized carbons (Fsp3) is 0.0385. The Labute approximate surface area is 191 Å². The number of carbonyl (C=O) groups is 1. The van der Waals surface area contributed by atoms with Gasteiger partial charge < -0.3 is 5.32 Å². The zero-order chi connectivity index (χ0) is 22.3. The number of nitrogens with one attached hydrogen (secondary N) is 1. The fourth-order valence-electron chi connectivity index (χ4n) is 3.22. The average Bonchev–Trinajstić information content (AvgIpc) is 3.26. The second kappa shape index (κ2) is 9.78. The van der Waals surface area contributed by atoms with Crippen LogP contribution in [0.4, 0.5) is 0 Å². The van der Waals surface area contributed by atoms with Crippen LogP contribution in [0.2, 0.25) is 5.02 Å². The number of hydrogen-bond donors (Lipinski definition) is 1. The first kappa shape index (κ1) is 21.1. The normalized spacial score (nSPS) is 11.1. The van der Waals surface area contributed by atoms with Gasteiger partial charge in [0.25, 0.3) is 5.91 Å². The molecule has 0 radical (unpaired) electrons. The standard InChI is InChI=1S/C26H19ClN4O/c27-23-13-11-20(12-14-23)25-22(18-31(30-25)24-9-5-2-6-10-24)15-21(16-28)26(32)29-17-19-7-3-1-4-8-19/h1-15,18H,17H2,(H,29,32)/b21-15+. The number of aromatic nitrogens is 2. The predicted molar refractivity (Wildman–Crippen MR) is 126 cm³/mol. The Morgan fingerprint density at radius 1 is 1.00 bits per heavy atom. The highest BCUT2D eigenvalue weighted by molar-refractivity contribution is 6.30. The number of nitriles is 1. The van der Waals surface area contributed by atoms with Gasteiger partial charge in [0.2, 0.25) is 0 Å². The van der Waals surface area contributed by atoms with Crippen LogP contribution in [0.3, 0.4) is 0 Å². The van der Waals surface area contributed by atoms with Crippen LogP contribution in [0.15, 0.2) is 96.7 Å². The highest BCUT2D eigenvalue weighted by Gasteiger charge is 2.15. The van der Waals surface area contributed by atoms with Crippen molar-refractivity contribution in [3.63, 3.8) is 0 Å². The largest absolute Gasteiger partial charge is 0.347 e. The van der Waals surface area contributed by atoms with Crippen molar-refractivity contribution in [2.45, 2.75) is 6.54 Å². The third kappa shape index (κ3) is 4.94. The van der Waals surface area contributed by atoms with Crippen molar-refractivity contribution < 1.29 is 4.79 Å². The van der Waals surface area contributed by atoms with Gasteiger partial charge in [-0.15, -0.1) is 0 Å². The molecule has 0 aliphatic rings. The lowest BCUT2D eigenvalue weighted by molar-refractivity contribution is -0.117. The van der Waals surface area contributed by atoms with E-state index in [4.69, 9.17) is 16.7 Å². The van der Waals surface area contributed by atoms with Gasteiger partial charge >= 0.3 is 0 Å². The van der Waals surface area contributed by atoms with Crippen molar-refractivity contribution >= 4 is 23.6 Å². The van der Waals surface area contributed by atoms with Crippen LogP contribution in [0.1, 0.15) is 11.1 Å². The molecule has 5 nitrogen and oxygen atoms in total. The molecule has 6 heteroatoms. The molecule has 4 rings (SSSR count). The van der Waals surface area contributed by atoms with Crippen molar-refractivity contribution in [2.24, 2.45) is 0 Å². The van der Waals surface area contributed by atoms with Crippen LogP contribution in [0.5, 0.6) is 0 Å². The number of carbonyl (C=O) groups excluding carboxylic acids is 1. The summed E-state index contributed by atoms with van der Waals surface area (Å²) < 4.78 is 1.73. The molecule has 0 fully saturated rings. The third-order valence-electron chi connectivity index (χ3n) is 4.84. The first-order chi connectivity index (χ1) is 15.6. The van der Waals surface area contributed by atoms with E-state index in [2.05, 4.69) is 5.32 Å². The molecule has 4 aromatic rings. The van der Waals surface area contributed by atoms with Gasteiger partial charge in [0.1, 0.15) is 11.6 Å². The minimum atomic E-state index is -0.439. The summed E-state index contributed by atoms with van der Waals surface area (Å²) in [6, 6.07) is 28.5. The van der Waals surface area contributed by atoms with E-state index < -0.39 is 5.91 Å². The molecule has 0 bridgehead atoms. The first-order valence-corrected chi connectivity index (χ1v) is 10.4. The second-order valence-corrected chi connectivity index (χ2v) is 7.49. The van der Waals surface area contributed by atoms with Crippen LogP contribution in [-0.4, -0.2) is 15.7 Å². The molecule has 0 atom stereocenters. The Balaban J connectivity index is 1.69. The summed E-state index contributed by atoms with van der Waals surface area (Å²) in [4.78, 5) is 12.7. The predicted octanol–water partition coefficient (Wildman–Crippen LogP) is 5.42. The highest BCUT2D eigenvalue weighted by Crippen LogP contribution is 2.27. The van der Waals surface area contributed by atoms with Crippen molar-refractivity contribution in [2.75, 3.05) is 0 Å². The Kier molecular flexibility index (Phi) is 6.45. The number of para-hydroxylation sites is 1. The van der Waals surface area contributed by atoms with Crippen molar-refractivity contribution in [1.82, 2.24) is 15.1 Å². The molecule has 0 aliphatic heterocycles. The number of benzene rings is 3. The van der Waals surface area contributed by atoms with E-state index in [0.717, 1.165) is 16.8 Å². The molecule has 1 N–H and O–H groups in total. The first-order valence-electron chi connectivity index (χ1n) is 9.99. The number of nitrogens with zero attached hydrogens (tertiary/aromatic N) is 3. The molecule has 0 aliphatic carbocycles. The Hall–Kier alpha value is -4.14. The van der Waals surface area contributed by atoms with Gasteiger partial charge in [-0.2, -0.15) is 10.4 Å². The Morgan fingerprint density at radius 2 is 1.66 bits per heavy atom. The summed E-state index contributed by atoms with van der Waals surface area (Å²) in [5.74, 6) is -0.439. The summed E-state index contributed by atoms with van der Waals surface area (Å²) in [6.45, 7) is 0.339. The molecule has 0 unspecified atom stereocenters. The van der Waals surface area contributed by atoms with E-state index in [9.17, 15) is 10.1 Å². The molecule has 0 saturated heterocycles. The molecule has 3 aromatic carbocycles. The van der Waals surface area contributed by atoms with E-state index in [1.807, 2.05) is 78.9 Å². The number of rotatable bonds is 6. The number of amides is 1. The maximum Gasteiger partial charge on any atom is 0.262 e. The van der Waals surface area contributed by atoms with Crippen molar-refractivity contribution in [3.8, 4) is 23.0 Å². The van der Waals surface area contributed by atoms with Gasteiger partial charge in [-0.05, 0) is 35.9 Å². The van der Waals surface area contributed by atoms with Gasteiger partial charge in [-0.25, -0.2) is 4.68 Å². The van der Waals surface area contributed by atoms with Crippen LogP contribution in [0.25, 0.3) is 23.0 Å². The minimum absolute atomic E-state index is 0.00348. The van der Waals surface area contributed by atoms with Gasteiger partial charge in [0.05, 0.1) is 11.4 Å². The zero-order valence-electron chi connectivity index (χ0n) is 17.1. The maximum absolute atomic E-state index is 12.7. The lowest BCUT2D eigenvalue weighted by atomic mass is 10.1. The van der Waals surface area contributed by atoms with Crippen molar-refractivity contribution in [1.29, 1.82) is 5.26 Å². The Bertz CT molecular complexity index is 1290. The quantitative estimate of drug-likeness (QED) is 0.323.